The summed E-state index contributed by atoms with van der Waals surface area (Å²) >= 11 is 0. The summed E-state index contributed by atoms with van der Waals surface area (Å²) < 4.78 is 45.2. The molecule has 0 aromatic heterocycles. The molecule has 0 spiro atoms. The molecule has 0 fully saturated rings. The van der Waals surface area contributed by atoms with Gasteiger partial charge in [-0.05, 0) is 20.8 Å². The maximum Gasteiger partial charge on any atom is 0.170 e. The molecule has 0 saturated carbocycles. The van der Waals surface area contributed by atoms with Crippen LogP contribution in [-0.4, -0.2) is 32.9 Å². The summed E-state index contributed by atoms with van der Waals surface area (Å²) in [7, 11) is -7.24. The zero-order valence-electron chi connectivity index (χ0n) is 9.75. The van der Waals surface area contributed by atoms with Gasteiger partial charge in [-0.15, -0.1) is 0 Å². The second-order valence-corrected chi connectivity index (χ2v) is 8.40. The predicted molar refractivity (Wildman–Crippen MR) is 66.7 cm³/mol. The van der Waals surface area contributed by atoms with Crippen LogP contribution in [0.5, 0.6) is 0 Å². The predicted octanol–water partition coefficient (Wildman–Crippen LogP) is 1.31. The van der Waals surface area contributed by atoms with E-state index in [4.69, 9.17) is 0 Å². The highest BCUT2D eigenvalue weighted by Crippen LogP contribution is 2.12. The van der Waals surface area contributed by atoms with Gasteiger partial charge in [-0.25, -0.2) is 16.8 Å². The molecule has 94 valence electrons. The first-order chi connectivity index (χ1) is 7.28. The minimum absolute atomic E-state index is 0.236. The van der Waals surface area contributed by atoms with Crippen LogP contribution in [0, 0.1) is 0 Å². The van der Waals surface area contributed by atoms with E-state index in [2.05, 4.69) is 0 Å². The fourth-order valence-electron chi connectivity index (χ4n) is 0.955. The minimum Gasteiger partial charge on any atom is -0.227 e. The average molecular weight is 266 g/mol. The van der Waals surface area contributed by atoms with Crippen LogP contribution < -0.4 is 0 Å². The first-order valence-corrected chi connectivity index (χ1v) is 8.36. The molecule has 0 aliphatic heterocycles. The number of sulfone groups is 2. The van der Waals surface area contributed by atoms with E-state index in [0.29, 0.717) is 0 Å². The molecule has 0 aromatic rings. The number of hydrogen-bond donors (Lipinski definition) is 0. The lowest BCUT2D eigenvalue weighted by molar-refractivity contribution is 0.581. The average Bonchev–Trinajstić information content (AvgIpc) is 2.22. The van der Waals surface area contributed by atoms with E-state index in [9.17, 15) is 16.8 Å². The van der Waals surface area contributed by atoms with E-state index in [-0.39, 0.29) is 11.5 Å². The number of rotatable bonds is 6. The normalized spacial score (nSPS) is 15.9. The Kier molecular flexibility index (Phi) is 5.96. The van der Waals surface area contributed by atoms with E-state index in [0.717, 1.165) is 0 Å². The molecular formula is C10H18O4S2. The summed E-state index contributed by atoms with van der Waals surface area (Å²) in [5.74, 6) is -0.473. The van der Waals surface area contributed by atoms with Crippen molar-refractivity contribution in [2.75, 3.05) is 11.5 Å². The molecule has 4 nitrogen and oxygen atoms in total. The zero-order chi connectivity index (χ0) is 12.8. The molecule has 0 unspecified atom stereocenters. The lowest BCUT2D eigenvalue weighted by atomic mass is 10.6. The molecule has 0 aromatic carbocycles. The third-order valence-electron chi connectivity index (χ3n) is 2.14. The van der Waals surface area contributed by atoms with E-state index in [1.54, 1.807) is 26.0 Å². The summed E-state index contributed by atoms with van der Waals surface area (Å²) in [6.07, 6.45) is 6.06. The summed E-state index contributed by atoms with van der Waals surface area (Å²) in [5.41, 5.74) is 0. The second kappa shape index (κ2) is 6.20. The van der Waals surface area contributed by atoms with Crippen molar-refractivity contribution in [1.82, 2.24) is 0 Å². The Balaban J connectivity index is 4.98. The van der Waals surface area contributed by atoms with Crippen molar-refractivity contribution >= 4 is 19.7 Å². The highest BCUT2D eigenvalue weighted by molar-refractivity contribution is 8.09. The Morgan fingerprint density at radius 2 is 1.19 bits per heavy atom. The van der Waals surface area contributed by atoms with Crippen LogP contribution in [0.25, 0.3) is 0 Å². The third kappa shape index (κ3) is 4.49. The highest BCUT2D eigenvalue weighted by atomic mass is 32.3. The van der Waals surface area contributed by atoms with Crippen molar-refractivity contribution in [3.8, 4) is 0 Å². The molecule has 0 heterocycles. The Bertz CT molecular complexity index is 411. The molecule has 0 radical (unpaired) electrons. The summed E-state index contributed by atoms with van der Waals surface area (Å²) in [6, 6.07) is 0. The Labute approximate surface area is 97.9 Å². The highest BCUT2D eigenvalue weighted by Gasteiger charge is 2.31. The van der Waals surface area contributed by atoms with Crippen molar-refractivity contribution in [3.63, 3.8) is 0 Å². The maximum absolute atomic E-state index is 11.6. The standard InChI is InChI=1S/C10H18O4S2/c1-4-6-8-15(11,12)10(3)16(13,14)9-7-5-2/h4-7,10H,8-9H2,1-3H3. The molecule has 0 atom stereocenters. The van der Waals surface area contributed by atoms with E-state index in [1.807, 2.05) is 0 Å². The van der Waals surface area contributed by atoms with E-state index in [1.165, 1.54) is 19.1 Å². The van der Waals surface area contributed by atoms with Gasteiger partial charge in [-0.1, -0.05) is 24.3 Å². The molecule has 0 rings (SSSR count). The van der Waals surface area contributed by atoms with Gasteiger partial charge >= 0.3 is 0 Å². The van der Waals surface area contributed by atoms with Crippen LogP contribution >= 0.6 is 0 Å². The van der Waals surface area contributed by atoms with Crippen molar-refractivity contribution < 1.29 is 16.8 Å². The fraction of sp³-hybridized carbons (Fsp3) is 0.600. The molecular weight excluding hydrogens is 248 g/mol. The van der Waals surface area contributed by atoms with Crippen LogP contribution in [0.15, 0.2) is 24.3 Å². The van der Waals surface area contributed by atoms with Gasteiger partial charge in [-0.3, -0.25) is 0 Å². The quantitative estimate of drug-likeness (QED) is 0.680. The summed E-state index contributed by atoms with van der Waals surface area (Å²) in [6.45, 7) is 4.60. The van der Waals surface area contributed by atoms with Gasteiger partial charge in [0, 0.05) is 0 Å². The lowest BCUT2D eigenvalue weighted by Crippen LogP contribution is -2.30. The number of allylic oxidation sites excluding steroid dienone is 2. The molecule has 0 saturated heterocycles. The lowest BCUT2D eigenvalue weighted by Gasteiger charge is -2.11. The fourth-order valence-corrected chi connectivity index (χ4v) is 4.68. The van der Waals surface area contributed by atoms with Crippen LogP contribution in [0.2, 0.25) is 0 Å². The SMILES string of the molecule is CC=CCS(=O)(=O)C(C)S(=O)(=O)CC=CC. The van der Waals surface area contributed by atoms with E-state index < -0.39 is 24.3 Å². The summed E-state index contributed by atoms with van der Waals surface area (Å²) in [4.78, 5) is 0. The van der Waals surface area contributed by atoms with E-state index >= 15 is 0 Å². The van der Waals surface area contributed by atoms with Crippen LogP contribution in [0.3, 0.4) is 0 Å². The minimum atomic E-state index is -3.62. The molecule has 6 heteroatoms. The van der Waals surface area contributed by atoms with Gasteiger partial charge in [0.25, 0.3) is 0 Å². The van der Waals surface area contributed by atoms with Gasteiger partial charge in [0.15, 0.2) is 24.3 Å². The second-order valence-electron chi connectivity index (χ2n) is 3.36. The van der Waals surface area contributed by atoms with Gasteiger partial charge in [0.05, 0.1) is 11.5 Å². The smallest absolute Gasteiger partial charge is 0.170 e. The monoisotopic (exact) mass is 266 g/mol. The van der Waals surface area contributed by atoms with Crippen molar-refractivity contribution in [1.29, 1.82) is 0 Å². The first-order valence-electron chi connectivity index (χ1n) is 4.93. The zero-order valence-corrected chi connectivity index (χ0v) is 11.4. The van der Waals surface area contributed by atoms with Crippen LogP contribution in [0.4, 0.5) is 0 Å². The van der Waals surface area contributed by atoms with Crippen LogP contribution in [0.1, 0.15) is 20.8 Å². The van der Waals surface area contributed by atoms with Gasteiger partial charge in [0.1, 0.15) is 0 Å². The summed E-state index contributed by atoms with van der Waals surface area (Å²) in [5, 5.41) is 0. The van der Waals surface area contributed by atoms with Crippen molar-refractivity contribution in [2.24, 2.45) is 0 Å². The maximum atomic E-state index is 11.6. The first kappa shape index (κ1) is 15.4. The van der Waals surface area contributed by atoms with Gasteiger partial charge < -0.3 is 0 Å². The number of hydrogen-bond acceptors (Lipinski definition) is 4. The van der Waals surface area contributed by atoms with Crippen molar-refractivity contribution in [3.05, 3.63) is 24.3 Å². The Morgan fingerprint density at radius 1 is 0.875 bits per heavy atom. The third-order valence-corrected chi connectivity index (χ3v) is 7.24. The largest absolute Gasteiger partial charge is 0.227 e. The molecule has 0 aliphatic rings. The molecule has 16 heavy (non-hydrogen) atoms. The Morgan fingerprint density at radius 3 is 1.44 bits per heavy atom. The van der Waals surface area contributed by atoms with Gasteiger partial charge in [0.2, 0.25) is 0 Å². The molecule has 0 amide bonds. The van der Waals surface area contributed by atoms with Gasteiger partial charge in [-0.2, -0.15) is 0 Å². The topological polar surface area (TPSA) is 68.3 Å². The molecule has 0 N–H and O–H groups in total. The Hall–Kier alpha value is -0.620. The van der Waals surface area contributed by atoms with Crippen molar-refractivity contribution in [2.45, 2.75) is 25.4 Å². The molecule has 0 bridgehead atoms. The molecule has 0 aliphatic carbocycles. The van der Waals surface area contributed by atoms with Crippen LogP contribution in [-0.2, 0) is 19.7 Å².